The molecule has 0 radical (unpaired) electrons. The molecule has 0 saturated carbocycles. The summed E-state index contributed by atoms with van der Waals surface area (Å²) in [4.78, 5) is 23.2. The first-order chi connectivity index (χ1) is 12.3. The minimum atomic E-state index is -3.54. The second-order valence-electron chi connectivity index (χ2n) is 5.67. The number of ether oxygens (including phenoxy) is 1. The third-order valence-corrected chi connectivity index (χ3v) is 5.38. The molecule has 0 aromatic heterocycles. The molecule has 0 fully saturated rings. The van der Waals surface area contributed by atoms with Gasteiger partial charge in [0, 0.05) is 25.4 Å². The highest BCUT2D eigenvalue weighted by molar-refractivity contribution is 7.89. The van der Waals surface area contributed by atoms with E-state index in [1.807, 2.05) is 13.8 Å². The zero-order valence-electron chi connectivity index (χ0n) is 15.4. The highest BCUT2D eigenvalue weighted by atomic mass is 32.2. The molecule has 1 aromatic carbocycles. The van der Waals surface area contributed by atoms with Gasteiger partial charge in [-0.15, -0.1) is 0 Å². The van der Waals surface area contributed by atoms with Gasteiger partial charge in [0.05, 0.1) is 4.90 Å². The van der Waals surface area contributed by atoms with Gasteiger partial charge in [-0.3, -0.25) is 4.79 Å². The van der Waals surface area contributed by atoms with E-state index in [4.69, 9.17) is 4.74 Å². The van der Waals surface area contributed by atoms with E-state index in [9.17, 15) is 18.0 Å². The number of hydrogen-bond donors (Lipinski definition) is 1. The molecule has 0 spiro atoms. The average molecular weight is 382 g/mol. The number of nitrogens with zero attached hydrogens (tertiary/aromatic N) is 1. The summed E-state index contributed by atoms with van der Waals surface area (Å²) in [5.74, 6) is -1.09. The Bertz CT molecular complexity index is 726. The van der Waals surface area contributed by atoms with Gasteiger partial charge in [0.15, 0.2) is 6.61 Å². The summed E-state index contributed by atoms with van der Waals surface area (Å²) in [6.07, 6.45) is 5.29. The molecule has 7 nitrogen and oxygen atoms in total. The predicted molar refractivity (Wildman–Crippen MR) is 100 cm³/mol. The lowest BCUT2D eigenvalue weighted by atomic mass is 10.3. The van der Waals surface area contributed by atoms with Crippen LogP contribution in [0, 0.1) is 0 Å². The van der Waals surface area contributed by atoms with Gasteiger partial charge >= 0.3 is 5.97 Å². The van der Waals surface area contributed by atoms with E-state index in [0.717, 1.165) is 12.8 Å². The van der Waals surface area contributed by atoms with Crippen molar-refractivity contribution in [2.75, 3.05) is 25.5 Å². The lowest BCUT2D eigenvalue weighted by Crippen LogP contribution is -2.28. The summed E-state index contributed by atoms with van der Waals surface area (Å²) >= 11 is 0. The molecule has 0 atom stereocenters. The highest BCUT2D eigenvalue weighted by Gasteiger charge is 2.20. The zero-order valence-corrected chi connectivity index (χ0v) is 16.2. The minimum absolute atomic E-state index is 0.158. The maximum atomic E-state index is 12.4. The third kappa shape index (κ3) is 6.97. The quantitative estimate of drug-likeness (QED) is 0.496. The SMILES string of the molecule is CC/C=C/C(=O)OCC(=O)Nc1ccc(S(=O)(=O)N(C)CCCC)cc1. The molecule has 1 aromatic rings. The Balaban J connectivity index is 2.63. The summed E-state index contributed by atoms with van der Waals surface area (Å²) in [7, 11) is -2.00. The molecule has 1 amide bonds. The van der Waals surface area contributed by atoms with Crippen LogP contribution in [0.5, 0.6) is 0 Å². The van der Waals surface area contributed by atoms with Crippen LogP contribution >= 0.6 is 0 Å². The molecule has 0 unspecified atom stereocenters. The second-order valence-corrected chi connectivity index (χ2v) is 7.72. The van der Waals surface area contributed by atoms with Crippen LogP contribution in [-0.2, 0) is 24.3 Å². The molecule has 26 heavy (non-hydrogen) atoms. The number of anilines is 1. The van der Waals surface area contributed by atoms with Crippen molar-refractivity contribution in [1.29, 1.82) is 0 Å². The summed E-state index contributed by atoms with van der Waals surface area (Å²) in [6, 6.07) is 5.86. The van der Waals surface area contributed by atoms with E-state index in [-0.39, 0.29) is 4.90 Å². The number of nitrogens with one attached hydrogen (secondary N) is 1. The van der Waals surface area contributed by atoms with Crippen molar-refractivity contribution in [2.24, 2.45) is 0 Å². The monoisotopic (exact) mass is 382 g/mol. The molecule has 1 N–H and O–H groups in total. The van der Waals surface area contributed by atoms with E-state index in [2.05, 4.69) is 5.32 Å². The average Bonchev–Trinajstić information content (AvgIpc) is 2.63. The van der Waals surface area contributed by atoms with Gasteiger partial charge in [-0.2, -0.15) is 0 Å². The lowest BCUT2D eigenvalue weighted by molar-refractivity contribution is -0.142. The number of sulfonamides is 1. The van der Waals surface area contributed by atoms with Gasteiger partial charge in [0.1, 0.15) is 0 Å². The van der Waals surface area contributed by atoms with Crippen LogP contribution in [0.1, 0.15) is 33.1 Å². The summed E-state index contributed by atoms with van der Waals surface area (Å²) in [5.41, 5.74) is 0.422. The van der Waals surface area contributed by atoms with Gasteiger partial charge in [0.25, 0.3) is 5.91 Å². The minimum Gasteiger partial charge on any atom is -0.452 e. The normalized spacial score (nSPS) is 11.7. The van der Waals surface area contributed by atoms with E-state index in [1.165, 1.54) is 34.6 Å². The molecule has 8 heteroatoms. The number of allylic oxidation sites excluding steroid dienone is 1. The molecule has 0 aliphatic carbocycles. The number of carbonyl (C=O) groups is 2. The van der Waals surface area contributed by atoms with Crippen molar-refractivity contribution in [3.8, 4) is 0 Å². The molecule has 0 aliphatic rings. The zero-order chi connectivity index (χ0) is 19.6. The van der Waals surface area contributed by atoms with E-state index < -0.39 is 28.5 Å². The molecule has 144 valence electrons. The first kappa shape index (κ1) is 21.9. The summed E-state index contributed by atoms with van der Waals surface area (Å²) < 4.78 is 30.9. The van der Waals surface area contributed by atoms with Crippen LogP contribution in [0.4, 0.5) is 5.69 Å². The number of esters is 1. The van der Waals surface area contributed by atoms with Crippen molar-refractivity contribution < 1.29 is 22.7 Å². The fourth-order valence-corrected chi connectivity index (χ4v) is 3.20. The standard InChI is InChI=1S/C18H26N2O5S/c1-4-6-8-18(22)25-14-17(21)19-15-9-11-16(12-10-15)26(23,24)20(3)13-7-5-2/h6,8-12H,4-5,7,13-14H2,1-3H3,(H,19,21)/b8-6+. The number of benzene rings is 1. The molecular weight excluding hydrogens is 356 g/mol. The first-order valence-corrected chi connectivity index (χ1v) is 9.94. The molecule has 0 heterocycles. The van der Waals surface area contributed by atoms with Crippen molar-refractivity contribution in [2.45, 2.75) is 38.0 Å². The fourth-order valence-electron chi connectivity index (χ4n) is 1.99. The maximum absolute atomic E-state index is 12.4. The van der Waals surface area contributed by atoms with Crippen molar-refractivity contribution >= 4 is 27.6 Å². The van der Waals surface area contributed by atoms with Gasteiger partial charge < -0.3 is 10.1 Å². The first-order valence-electron chi connectivity index (χ1n) is 8.50. The third-order valence-electron chi connectivity index (χ3n) is 3.51. The molecule has 0 aliphatic heterocycles. The van der Waals surface area contributed by atoms with Crippen LogP contribution in [0.15, 0.2) is 41.3 Å². The van der Waals surface area contributed by atoms with Crippen molar-refractivity contribution in [3.05, 3.63) is 36.4 Å². The van der Waals surface area contributed by atoms with E-state index in [0.29, 0.717) is 18.7 Å². The Morgan fingerprint density at radius 3 is 2.42 bits per heavy atom. The largest absolute Gasteiger partial charge is 0.452 e. The Morgan fingerprint density at radius 1 is 1.19 bits per heavy atom. The van der Waals surface area contributed by atoms with E-state index >= 15 is 0 Å². The smallest absolute Gasteiger partial charge is 0.330 e. The van der Waals surface area contributed by atoms with Crippen molar-refractivity contribution in [3.63, 3.8) is 0 Å². The Morgan fingerprint density at radius 2 is 1.85 bits per heavy atom. The summed E-state index contributed by atoms with van der Waals surface area (Å²) in [6.45, 7) is 3.92. The molecule has 0 bridgehead atoms. The topological polar surface area (TPSA) is 92.8 Å². The van der Waals surface area contributed by atoms with Crippen LogP contribution in [0.3, 0.4) is 0 Å². The number of amides is 1. The van der Waals surface area contributed by atoms with Gasteiger partial charge in [-0.25, -0.2) is 17.5 Å². The van der Waals surface area contributed by atoms with Crippen LogP contribution in [0.2, 0.25) is 0 Å². The summed E-state index contributed by atoms with van der Waals surface area (Å²) in [5, 5.41) is 2.55. The van der Waals surface area contributed by atoms with Crippen LogP contribution in [-0.4, -0.2) is 44.8 Å². The fraction of sp³-hybridized carbons (Fsp3) is 0.444. The number of carbonyl (C=O) groups excluding carboxylic acids is 2. The molecule has 1 rings (SSSR count). The molecule has 0 saturated heterocycles. The van der Waals surface area contributed by atoms with Gasteiger partial charge in [-0.05, 0) is 37.1 Å². The molecular formula is C18H26N2O5S. The second kappa shape index (κ2) is 10.7. The van der Waals surface area contributed by atoms with Gasteiger partial charge in [0.2, 0.25) is 10.0 Å². The number of unbranched alkanes of at least 4 members (excludes halogenated alkanes) is 1. The van der Waals surface area contributed by atoms with Crippen LogP contribution < -0.4 is 5.32 Å². The maximum Gasteiger partial charge on any atom is 0.330 e. The predicted octanol–water partition coefficient (Wildman–Crippen LogP) is 2.56. The Labute approximate surface area is 155 Å². The van der Waals surface area contributed by atoms with Crippen LogP contribution in [0.25, 0.3) is 0 Å². The van der Waals surface area contributed by atoms with E-state index in [1.54, 1.807) is 13.1 Å². The Kier molecular flexibility index (Phi) is 9.01. The number of hydrogen-bond acceptors (Lipinski definition) is 5. The lowest BCUT2D eigenvalue weighted by Gasteiger charge is -2.17. The Hall–Kier alpha value is -2.19. The van der Waals surface area contributed by atoms with Crippen molar-refractivity contribution in [1.82, 2.24) is 4.31 Å². The number of rotatable bonds is 10. The highest BCUT2D eigenvalue weighted by Crippen LogP contribution is 2.18. The van der Waals surface area contributed by atoms with Gasteiger partial charge in [-0.1, -0.05) is 26.3 Å².